The maximum absolute atomic E-state index is 6.22. The summed E-state index contributed by atoms with van der Waals surface area (Å²) in [5, 5.41) is 7.09. The van der Waals surface area contributed by atoms with Gasteiger partial charge in [-0.2, -0.15) is 23.5 Å². The van der Waals surface area contributed by atoms with Crippen molar-refractivity contribution < 1.29 is 4.42 Å². The van der Waals surface area contributed by atoms with Crippen LogP contribution in [0.3, 0.4) is 0 Å². The van der Waals surface area contributed by atoms with Crippen molar-refractivity contribution >= 4 is 46.1 Å². The zero-order chi connectivity index (χ0) is 15.0. The Morgan fingerprint density at radius 3 is 2.81 bits per heavy atom. The lowest BCUT2D eigenvalue weighted by atomic mass is 10.1. The Hall–Kier alpha value is -0.290. The zero-order valence-corrected chi connectivity index (χ0v) is 14.8. The molecular formula is C16H20ClNOS2. The van der Waals surface area contributed by atoms with Crippen LogP contribution in [0.1, 0.15) is 25.6 Å². The van der Waals surface area contributed by atoms with Gasteiger partial charge in [-0.15, -0.1) is 0 Å². The highest BCUT2D eigenvalue weighted by atomic mass is 35.5. The number of fused-ring (bicyclic) bond motifs is 1. The normalized spacial score (nSPS) is 27.9. The van der Waals surface area contributed by atoms with E-state index in [1.54, 1.807) is 0 Å². The van der Waals surface area contributed by atoms with Crippen LogP contribution < -0.4 is 5.32 Å². The fraction of sp³-hybridized carbons (Fsp3) is 0.500. The Kier molecular flexibility index (Phi) is 4.79. The highest BCUT2D eigenvalue weighted by molar-refractivity contribution is 8.07. The maximum Gasteiger partial charge on any atom is 0.152 e. The molecule has 3 rings (SSSR count). The van der Waals surface area contributed by atoms with Gasteiger partial charge in [0, 0.05) is 26.9 Å². The van der Waals surface area contributed by atoms with Crippen molar-refractivity contribution in [3.05, 3.63) is 35.0 Å². The fourth-order valence-electron chi connectivity index (χ4n) is 2.69. The first-order chi connectivity index (χ1) is 10.1. The summed E-state index contributed by atoms with van der Waals surface area (Å²) in [6, 6.07) is 8.24. The minimum Gasteiger partial charge on any atom is -0.458 e. The molecule has 2 aromatic rings. The minimum atomic E-state index is 0.223. The second kappa shape index (κ2) is 6.45. The molecule has 0 spiro atoms. The second-order valence-corrected chi connectivity index (χ2v) is 8.93. The Labute approximate surface area is 139 Å². The lowest BCUT2D eigenvalue weighted by molar-refractivity contribution is 0.451. The van der Waals surface area contributed by atoms with Crippen LogP contribution in [-0.2, 0) is 0 Å². The standard InChI is InChI=1S/C16H20ClNOS2/c1-9-10(2)21-14(8-20-9)15(18-3)13-7-11-5-4-6-12(17)16(11)19-13/h4-7,9-10,14-15,18H,8H2,1-3H3. The van der Waals surface area contributed by atoms with E-state index in [-0.39, 0.29) is 6.04 Å². The Balaban J connectivity index is 1.89. The van der Waals surface area contributed by atoms with Crippen LogP contribution in [0.4, 0.5) is 0 Å². The third-order valence-electron chi connectivity index (χ3n) is 4.08. The van der Waals surface area contributed by atoms with Crippen molar-refractivity contribution in [1.29, 1.82) is 0 Å². The zero-order valence-electron chi connectivity index (χ0n) is 12.4. The summed E-state index contributed by atoms with van der Waals surface area (Å²) in [6.07, 6.45) is 0. The summed E-state index contributed by atoms with van der Waals surface area (Å²) in [5.41, 5.74) is 0.796. The predicted molar refractivity (Wildman–Crippen MR) is 95.8 cm³/mol. The average molecular weight is 342 g/mol. The molecule has 0 amide bonds. The quantitative estimate of drug-likeness (QED) is 0.851. The lowest BCUT2D eigenvalue weighted by Gasteiger charge is -2.35. The summed E-state index contributed by atoms with van der Waals surface area (Å²) >= 11 is 10.3. The van der Waals surface area contributed by atoms with Crippen LogP contribution in [0, 0.1) is 0 Å². The number of thioether (sulfide) groups is 2. The van der Waals surface area contributed by atoms with Crippen molar-refractivity contribution in [2.45, 2.75) is 35.6 Å². The minimum absolute atomic E-state index is 0.223. The molecule has 2 heterocycles. The van der Waals surface area contributed by atoms with E-state index in [9.17, 15) is 0 Å². The highest BCUT2D eigenvalue weighted by Gasteiger charge is 2.33. The molecule has 5 heteroatoms. The molecule has 4 atom stereocenters. The lowest BCUT2D eigenvalue weighted by Crippen LogP contribution is -2.35. The third-order valence-corrected chi connectivity index (χ3v) is 7.87. The van der Waals surface area contributed by atoms with E-state index < -0.39 is 0 Å². The van der Waals surface area contributed by atoms with Gasteiger partial charge in [-0.3, -0.25) is 0 Å². The Morgan fingerprint density at radius 2 is 2.14 bits per heavy atom. The van der Waals surface area contributed by atoms with Crippen molar-refractivity contribution in [1.82, 2.24) is 5.32 Å². The van der Waals surface area contributed by atoms with E-state index in [0.29, 0.717) is 20.8 Å². The molecule has 1 saturated heterocycles. The fourth-order valence-corrected chi connectivity index (χ4v) is 6.05. The van der Waals surface area contributed by atoms with Crippen LogP contribution in [0.2, 0.25) is 5.02 Å². The number of furan rings is 1. The Bertz CT molecular complexity index is 630. The number of hydrogen-bond acceptors (Lipinski definition) is 4. The van der Waals surface area contributed by atoms with Crippen LogP contribution in [0.15, 0.2) is 28.7 Å². The first kappa shape index (κ1) is 15.6. The molecule has 0 radical (unpaired) electrons. The molecule has 1 aliphatic rings. The van der Waals surface area contributed by atoms with Gasteiger partial charge in [-0.05, 0) is 19.2 Å². The number of halogens is 1. The largest absolute Gasteiger partial charge is 0.458 e. The molecule has 1 aliphatic heterocycles. The van der Waals surface area contributed by atoms with Gasteiger partial charge in [0.15, 0.2) is 5.58 Å². The molecular weight excluding hydrogens is 322 g/mol. The number of nitrogens with one attached hydrogen (secondary N) is 1. The molecule has 1 aromatic carbocycles. The van der Waals surface area contributed by atoms with Crippen molar-refractivity contribution in [2.75, 3.05) is 12.8 Å². The van der Waals surface area contributed by atoms with Crippen molar-refractivity contribution in [3.63, 3.8) is 0 Å². The van der Waals surface area contributed by atoms with Gasteiger partial charge < -0.3 is 9.73 Å². The van der Waals surface area contributed by atoms with Gasteiger partial charge in [-0.25, -0.2) is 0 Å². The molecule has 1 aromatic heterocycles. The van der Waals surface area contributed by atoms with Gasteiger partial charge >= 0.3 is 0 Å². The molecule has 1 N–H and O–H groups in total. The average Bonchev–Trinajstić information content (AvgIpc) is 2.89. The second-order valence-electron chi connectivity index (χ2n) is 5.49. The molecule has 1 fully saturated rings. The molecule has 21 heavy (non-hydrogen) atoms. The molecule has 114 valence electrons. The van der Waals surface area contributed by atoms with E-state index >= 15 is 0 Å². The summed E-state index contributed by atoms with van der Waals surface area (Å²) in [4.78, 5) is 0. The van der Waals surface area contributed by atoms with Crippen molar-refractivity contribution in [3.8, 4) is 0 Å². The van der Waals surface area contributed by atoms with E-state index in [0.717, 1.165) is 22.5 Å². The van der Waals surface area contributed by atoms with Gasteiger partial charge in [0.1, 0.15) is 5.76 Å². The topological polar surface area (TPSA) is 25.2 Å². The van der Waals surface area contributed by atoms with Gasteiger partial charge in [0.25, 0.3) is 0 Å². The molecule has 0 aliphatic carbocycles. The van der Waals surface area contributed by atoms with Crippen LogP contribution >= 0.6 is 35.1 Å². The molecule has 0 bridgehead atoms. The first-order valence-corrected chi connectivity index (χ1v) is 9.59. The van der Waals surface area contributed by atoms with E-state index in [4.69, 9.17) is 16.0 Å². The van der Waals surface area contributed by atoms with Gasteiger partial charge in [0.05, 0.1) is 11.1 Å². The predicted octanol–water partition coefficient (Wildman–Crippen LogP) is 4.97. The Morgan fingerprint density at radius 1 is 1.33 bits per heavy atom. The smallest absolute Gasteiger partial charge is 0.152 e. The highest BCUT2D eigenvalue weighted by Crippen LogP contribution is 2.42. The third kappa shape index (κ3) is 3.09. The monoisotopic (exact) mass is 341 g/mol. The van der Waals surface area contributed by atoms with Gasteiger partial charge in [-0.1, -0.05) is 37.6 Å². The number of rotatable bonds is 3. The van der Waals surface area contributed by atoms with Crippen molar-refractivity contribution in [2.24, 2.45) is 0 Å². The number of hydrogen-bond donors (Lipinski definition) is 1. The van der Waals surface area contributed by atoms with Gasteiger partial charge in [0.2, 0.25) is 0 Å². The molecule has 2 nitrogen and oxygen atoms in total. The van der Waals surface area contributed by atoms with Crippen LogP contribution in [0.25, 0.3) is 11.0 Å². The van der Waals surface area contributed by atoms with E-state index in [2.05, 4.69) is 48.8 Å². The summed E-state index contributed by atoms with van der Waals surface area (Å²) in [7, 11) is 2.01. The SMILES string of the molecule is CNC(c1cc2cccc(Cl)c2o1)C1CSC(C)C(C)S1. The van der Waals surface area contributed by atoms with E-state index in [1.807, 2.05) is 25.2 Å². The number of para-hydroxylation sites is 1. The summed E-state index contributed by atoms with van der Waals surface area (Å²) in [6.45, 7) is 4.63. The number of benzene rings is 1. The molecule has 4 unspecified atom stereocenters. The van der Waals surface area contributed by atoms with Crippen LogP contribution in [-0.4, -0.2) is 28.6 Å². The van der Waals surface area contributed by atoms with E-state index in [1.165, 1.54) is 0 Å². The molecule has 0 saturated carbocycles. The maximum atomic E-state index is 6.22. The van der Waals surface area contributed by atoms with Crippen LogP contribution in [0.5, 0.6) is 0 Å². The first-order valence-electron chi connectivity index (χ1n) is 7.22. The summed E-state index contributed by atoms with van der Waals surface area (Å²) < 4.78 is 6.05. The summed E-state index contributed by atoms with van der Waals surface area (Å²) in [5.74, 6) is 2.13.